The summed E-state index contributed by atoms with van der Waals surface area (Å²) < 4.78 is 74.0. The van der Waals surface area contributed by atoms with Gasteiger partial charge in [0.15, 0.2) is 0 Å². The number of rotatable bonds is 15. The van der Waals surface area contributed by atoms with E-state index >= 15 is 0 Å². The van der Waals surface area contributed by atoms with Gasteiger partial charge in [-0.05, 0) is 124 Å². The largest absolute Gasteiger partial charge is 1.00 e. The van der Waals surface area contributed by atoms with Crippen LogP contribution in [-0.2, 0) is 20.8 Å². The maximum Gasteiger partial charge on any atom is 1.00 e. The number of nitrogen functional groups attached to an aromatic ring is 1. The van der Waals surface area contributed by atoms with Gasteiger partial charge in [-0.15, -0.1) is 0 Å². The quantitative estimate of drug-likeness (QED) is 0.0384. The summed E-state index contributed by atoms with van der Waals surface area (Å²) in [6.07, 6.45) is 1.56. The molecular formula is C46H44N4Na2O8S2. The third kappa shape index (κ3) is 15.7. The van der Waals surface area contributed by atoms with Gasteiger partial charge in [-0.2, -0.15) is 10.2 Å². The molecule has 0 aromatic heterocycles. The Kier molecular flexibility index (Phi) is 21.0. The van der Waals surface area contributed by atoms with Gasteiger partial charge in [-0.1, -0.05) is 123 Å². The van der Waals surface area contributed by atoms with Gasteiger partial charge >= 0.3 is 59.1 Å². The van der Waals surface area contributed by atoms with E-state index in [0.29, 0.717) is 12.4 Å². The number of azo groups is 1. The van der Waals surface area contributed by atoms with Crippen LogP contribution < -0.4 is 78.5 Å². The van der Waals surface area contributed by atoms with Crippen LogP contribution in [0.3, 0.4) is 0 Å². The van der Waals surface area contributed by atoms with Crippen LogP contribution in [-0.4, -0.2) is 39.7 Å². The Morgan fingerprint density at radius 1 is 0.532 bits per heavy atom. The van der Waals surface area contributed by atoms with E-state index < -0.39 is 20.8 Å². The summed E-state index contributed by atoms with van der Waals surface area (Å²) in [5.74, 6) is -0.0469. The summed E-state index contributed by atoms with van der Waals surface area (Å²) in [6.45, 7) is 4.61. The van der Waals surface area contributed by atoms with E-state index in [1.54, 1.807) is 31.3 Å². The van der Waals surface area contributed by atoms with Gasteiger partial charge < -0.3 is 23.2 Å². The maximum atomic E-state index is 10.9. The molecule has 0 unspecified atom stereocenters. The topological polar surface area (TPSA) is 196 Å². The summed E-state index contributed by atoms with van der Waals surface area (Å²) in [4.78, 5) is 0. The minimum Gasteiger partial charge on any atom is -0.716 e. The molecule has 6 rings (SSSR count). The van der Waals surface area contributed by atoms with Crippen LogP contribution in [0.4, 0.5) is 11.4 Å². The smallest absolute Gasteiger partial charge is 0.716 e. The van der Waals surface area contributed by atoms with E-state index in [2.05, 4.69) is 62.0 Å². The molecule has 0 aliphatic carbocycles. The Morgan fingerprint density at radius 2 is 0.871 bits per heavy atom. The average molecular weight is 891 g/mol. The fourth-order valence-corrected chi connectivity index (χ4v) is 7.18. The fraction of sp³-hybridized carbons (Fsp3) is 0.130. The molecule has 0 aliphatic heterocycles. The molecule has 0 amide bonds. The minimum atomic E-state index is -4.83. The summed E-state index contributed by atoms with van der Waals surface area (Å²) >= 11 is 0. The van der Waals surface area contributed by atoms with Gasteiger partial charge in [0.05, 0.1) is 5.69 Å². The van der Waals surface area contributed by atoms with Crippen molar-refractivity contribution in [2.75, 3.05) is 19.5 Å². The minimum absolute atomic E-state index is 0. The van der Waals surface area contributed by atoms with Crippen LogP contribution in [0.15, 0.2) is 168 Å². The first-order valence-corrected chi connectivity index (χ1v) is 21.5. The number of nitrogens with one attached hydrogen (secondary N) is 1. The summed E-state index contributed by atoms with van der Waals surface area (Å²) in [6, 6.07) is 48.3. The first-order valence-electron chi connectivity index (χ1n) is 18.9. The second-order valence-electron chi connectivity index (χ2n) is 13.1. The number of anilines is 1. The Morgan fingerprint density at radius 3 is 1.19 bits per heavy atom. The monoisotopic (exact) mass is 890 g/mol. The van der Waals surface area contributed by atoms with E-state index in [0.717, 1.165) is 74.2 Å². The van der Waals surface area contributed by atoms with Crippen molar-refractivity contribution in [1.29, 1.82) is 0 Å². The molecule has 0 radical (unpaired) electrons. The molecule has 0 bridgehead atoms. The SMILES string of the molecule is CC/C(=C(\c1ccc(N)cc1)c1ccc(OS(=O)(=O)[O-])cc1)c1ccccc1.CC/C(=C(\c1ccc(N=NCNC)cc1)c1ccc(OS(=O)(=O)[O-])cc1)c1ccccc1.[Na+].[Na+]. The molecule has 310 valence electrons. The van der Waals surface area contributed by atoms with Crippen molar-refractivity contribution in [3.63, 3.8) is 0 Å². The van der Waals surface area contributed by atoms with Crippen molar-refractivity contribution in [3.05, 3.63) is 191 Å². The van der Waals surface area contributed by atoms with E-state index in [1.165, 1.54) is 24.3 Å². The molecule has 3 N–H and O–H groups in total. The van der Waals surface area contributed by atoms with Gasteiger partial charge in [-0.3, -0.25) is 5.32 Å². The average Bonchev–Trinajstić information content (AvgIpc) is 3.23. The molecule has 0 atom stereocenters. The Labute approximate surface area is 408 Å². The first-order chi connectivity index (χ1) is 28.8. The molecule has 0 saturated heterocycles. The van der Waals surface area contributed by atoms with Crippen LogP contribution in [0.25, 0.3) is 22.3 Å². The molecule has 0 aliphatic rings. The molecule has 0 spiro atoms. The Balaban J connectivity index is 0.000000323. The van der Waals surface area contributed by atoms with Crippen LogP contribution in [0, 0.1) is 0 Å². The zero-order valence-electron chi connectivity index (χ0n) is 35.2. The van der Waals surface area contributed by atoms with Gasteiger partial charge in [0, 0.05) is 5.69 Å². The van der Waals surface area contributed by atoms with Gasteiger partial charge in [0.1, 0.15) is 18.2 Å². The molecule has 0 saturated carbocycles. The van der Waals surface area contributed by atoms with Crippen LogP contribution in [0.5, 0.6) is 11.5 Å². The van der Waals surface area contributed by atoms with E-state index in [4.69, 9.17) is 5.73 Å². The van der Waals surface area contributed by atoms with Crippen molar-refractivity contribution in [2.45, 2.75) is 26.7 Å². The van der Waals surface area contributed by atoms with Crippen molar-refractivity contribution in [2.24, 2.45) is 10.2 Å². The van der Waals surface area contributed by atoms with Crippen LogP contribution in [0.1, 0.15) is 60.1 Å². The number of hydrogen-bond donors (Lipinski definition) is 2. The maximum absolute atomic E-state index is 10.9. The predicted octanol–water partition coefficient (Wildman–Crippen LogP) is 3.64. The Bertz CT molecular complexity index is 2650. The van der Waals surface area contributed by atoms with E-state index in [9.17, 15) is 25.9 Å². The number of benzene rings is 6. The first kappa shape index (κ1) is 51.9. The van der Waals surface area contributed by atoms with E-state index in [-0.39, 0.29) is 70.6 Å². The van der Waals surface area contributed by atoms with Crippen molar-refractivity contribution >= 4 is 54.5 Å². The molecule has 0 fully saturated rings. The van der Waals surface area contributed by atoms with Crippen LogP contribution in [0.2, 0.25) is 0 Å². The summed E-state index contributed by atoms with van der Waals surface area (Å²) in [5.41, 5.74) is 17.4. The number of nitrogens with two attached hydrogens (primary N) is 1. The summed E-state index contributed by atoms with van der Waals surface area (Å²) in [5, 5.41) is 11.1. The van der Waals surface area contributed by atoms with Crippen molar-refractivity contribution in [3.8, 4) is 11.5 Å². The van der Waals surface area contributed by atoms with Crippen molar-refractivity contribution < 1.29 is 93.4 Å². The van der Waals surface area contributed by atoms with Crippen LogP contribution >= 0.6 is 0 Å². The number of allylic oxidation sites excluding steroid dienone is 2. The number of nitrogens with zero attached hydrogens (tertiary/aromatic N) is 2. The Hall–Kier alpha value is -4.42. The van der Waals surface area contributed by atoms with Gasteiger partial charge in [0.2, 0.25) is 0 Å². The molecule has 16 heteroatoms. The normalized spacial score (nSPS) is 12.1. The second kappa shape index (κ2) is 25.0. The van der Waals surface area contributed by atoms with Gasteiger partial charge in [-0.25, -0.2) is 16.8 Å². The zero-order valence-corrected chi connectivity index (χ0v) is 40.8. The molecule has 6 aromatic carbocycles. The number of hydrogen-bond acceptors (Lipinski definition) is 12. The third-order valence-corrected chi connectivity index (χ3v) is 9.80. The van der Waals surface area contributed by atoms with Gasteiger partial charge in [0.25, 0.3) is 20.8 Å². The third-order valence-electron chi connectivity index (χ3n) is 9.01. The fourth-order valence-electron chi connectivity index (χ4n) is 6.48. The second-order valence-corrected chi connectivity index (χ2v) is 15.1. The molecule has 12 nitrogen and oxygen atoms in total. The standard InChI is InChI=1S/C24H25N3O4S.C22H21NO4S.2Na/c1-3-23(18-7-5-4-6-8-18)24(19-9-13-21(14-10-19)27-26-17-25-2)20-11-15-22(16-12-20)31-32(28,29)30;1-2-21(16-6-4-3-5-7-16)22(17-8-12-19(23)13-9-17)18-10-14-20(15-11-18)27-28(24,25)26;;/h4-16,25H,3,17H2,1-2H3,(H,28,29,30);3-15H,2,23H2,1H3,(H,24,25,26);;/q;;2*+1/p-2/b24-23-,27-26?;22-21-;;. The van der Waals surface area contributed by atoms with Crippen molar-refractivity contribution in [1.82, 2.24) is 5.32 Å². The molecular weight excluding hydrogens is 847 g/mol. The predicted molar refractivity (Wildman–Crippen MR) is 235 cm³/mol. The summed E-state index contributed by atoms with van der Waals surface area (Å²) in [7, 11) is -7.83. The van der Waals surface area contributed by atoms with E-state index in [1.807, 2.05) is 84.9 Å². The zero-order chi connectivity index (χ0) is 43.1. The molecule has 6 aromatic rings. The molecule has 62 heavy (non-hydrogen) atoms. The molecule has 0 heterocycles.